The third-order valence-electron chi connectivity index (χ3n) is 3.72. The van der Waals surface area contributed by atoms with Gasteiger partial charge in [-0.05, 0) is 24.1 Å². The fraction of sp³-hybridized carbons (Fsp3) is 0.647. The van der Waals surface area contributed by atoms with Crippen LogP contribution in [-0.2, 0) is 15.9 Å². The highest BCUT2D eigenvalue weighted by molar-refractivity contribution is 6.32. The molecule has 5 heteroatoms. The van der Waals surface area contributed by atoms with Crippen molar-refractivity contribution in [2.45, 2.75) is 32.7 Å². The highest BCUT2D eigenvalue weighted by Crippen LogP contribution is 2.28. The quantitative estimate of drug-likeness (QED) is 0.669. The number of ether oxygens (including phenoxy) is 3. The zero-order valence-electron chi connectivity index (χ0n) is 14.0. The van der Waals surface area contributed by atoms with Gasteiger partial charge < -0.3 is 19.9 Å². The number of rotatable bonds is 10. The van der Waals surface area contributed by atoms with E-state index in [0.29, 0.717) is 30.6 Å². The molecule has 22 heavy (non-hydrogen) atoms. The molecule has 1 atom stereocenters. The zero-order valence-corrected chi connectivity index (χ0v) is 14.8. The second kappa shape index (κ2) is 9.36. The molecule has 1 aromatic rings. The van der Waals surface area contributed by atoms with Crippen LogP contribution in [0.3, 0.4) is 0 Å². The van der Waals surface area contributed by atoms with Gasteiger partial charge in [-0.3, -0.25) is 0 Å². The maximum absolute atomic E-state index is 6.33. The van der Waals surface area contributed by atoms with Crippen molar-refractivity contribution in [1.82, 2.24) is 0 Å². The van der Waals surface area contributed by atoms with Gasteiger partial charge in [0.05, 0.1) is 18.2 Å². The molecule has 0 amide bonds. The van der Waals surface area contributed by atoms with Crippen LogP contribution >= 0.6 is 11.6 Å². The fourth-order valence-corrected chi connectivity index (χ4v) is 2.35. The summed E-state index contributed by atoms with van der Waals surface area (Å²) in [6.07, 6.45) is 1.58. The Labute approximate surface area is 138 Å². The molecule has 0 aliphatic rings. The van der Waals surface area contributed by atoms with E-state index in [1.54, 1.807) is 14.2 Å². The molecular formula is C17H28ClNO3. The summed E-state index contributed by atoms with van der Waals surface area (Å²) >= 11 is 6.18. The average Bonchev–Trinajstić information content (AvgIpc) is 2.46. The molecule has 0 radical (unpaired) electrons. The van der Waals surface area contributed by atoms with Crippen molar-refractivity contribution in [3.8, 4) is 5.75 Å². The topological polar surface area (TPSA) is 53.7 Å². The predicted molar refractivity (Wildman–Crippen MR) is 90.8 cm³/mol. The van der Waals surface area contributed by atoms with E-state index in [9.17, 15) is 0 Å². The van der Waals surface area contributed by atoms with Gasteiger partial charge in [-0.2, -0.15) is 0 Å². The monoisotopic (exact) mass is 329 g/mol. The maximum Gasteiger partial charge on any atom is 0.138 e. The van der Waals surface area contributed by atoms with E-state index < -0.39 is 0 Å². The molecule has 0 spiro atoms. The summed E-state index contributed by atoms with van der Waals surface area (Å²) in [6, 6.07) is 5.82. The van der Waals surface area contributed by atoms with Crippen molar-refractivity contribution >= 4 is 11.6 Å². The van der Waals surface area contributed by atoms with Gasteiger partial charge in [0.15, 0.2) is 0 Å². The molecule has 0 aliphatic carbocycles. The molecule has 0 aliphatic heterocycles. The zero-order chi connectivity index (χ0) is 16.6. The normalized spacial score (nSPS) is 13.2. The largest absolute Gasteiger partial charge is 0.492 e. The molecule has 4 nitrogen and oxygen atoms in total. The van der Waals surface area contributed by atoms with E-state index >= 15 is 0 Å². The molecule has 0 aromatic heterocycles. The summed E-state index contributed by atoms with van der Waals surface area (Å²) < 4.78 is 16.0. The van der Waals surface area contributed by atoms with Crippen LogP contribution in [0.2, 0.25) is 5.02 Å². The molecule has 0 saturated heterocycles. The summed E-state index contributed by atoms with van der Waals surface area (Å²) in [4.78, 5) is 0. The minimum atomic E-state index is -0.0894. The number of halogens is 1. The van der Waals surface area contributed by atoms with Crippen LogP contribution in [0.1, 0.15) is 25.8 Å². The summed E-state index contributed by atoms with van der Waals surface area (Å²) in [6.45, 7) is 6.10. The number of nitrogens with two attached hydrogens (primary N) is 1. The van der Waals surface area contributed by atoms with Crippen LogP contribution in [-0.4, -0.2) is 40.1 Å². The lowest BCUT2D eigenvalue weighted by Crippen LogP contribution is -2.42. The second-order valence-electron chi connectivity index (χ2n) is 6.19. The van der Waals surface area contributed by atoms with E-state index in [0.717, 1.165) is 18.4 Å². The van der Waals surface area contributed by atoms with Crippen molar-refractivity contribution in [3.63, 3.8) is 0 Å². The Morgan fingerprint density at radius 3 is 2.55 bits per heavy atom. The molecule has 0 saturated carbocycles. The van der Waals surface area contributed by atoms with Gasteiger partial charge in [0.25, 0.3) is 0 Å². The third-order valence-corrected chi connectivity index (χ3v) is 4.03. The number of methoxy groups -OCH3 is 2. The molecule has 1 unspecified atom stereocenters. The molecule has 0 fully saturated rings. The smallest absolute Gasteiger partial charge is 0.138 e. The van der Waals surface area contributed by atoms with Crippen LogP contribution in [0.5, 0.6) is 5.75 Å². The fourth-order valence-electron chi connectivity index (χ4n) is 2.18. The van der Waals surface area contributed by atoms with Crippen LogP contribution < -0.4 is 10.5 Å². The SMILES string of the molecule is COCCCOc1cc(CC(N)C(C)(C)COC)ccc1Cl. The van der Waals surface area contributed by atoms with E-state index in [-0.39, 0.29) is 11.5 Å². The highest BCUT2D eigenvalue weighted by atomic mass is 35.5. The van der Waals surface area contributed by atoms with E-state index in [4.69, 9.17) is 31.5 Å². The van der Waals surface area contributed by atoms with Gasteiger partial charge in [0, 0.05) is 38.7 Å². The Bertz CT molecular complexity index is 452. The van der Waals surface area contributed by atoms with Crippen molar-refractivity contribution in [2.75, 3.05) is 34.0 Å². The van der Waals surface area contributed by atoms with Gasteiger partial charge in [-0.25, -0.2) is 0 Å². The molecular weight excluding hydrogens is 302 g/mol. The summed E-state index contributed by atoms with van der Waals surface area (Å²) in [5.74, 6) is 0.701. The first kappa shape index (κ1) is 19.2. The molecule has 126 valence electrons. The first-order chi connectivity index (χ1) is 10.4. The van der Waals surface area contributed by atoms with Gasteiger partial charge in [0.1, 0.15) is 5.75 Å². The van der Waals surface area contributed by atoms with Gasteiger partial charge in [-0.15, -0.1) is 0 Å². The number of benzene rings is 1. The van der Waals surface area contributed by atoms with E-state index in [1.807, 2.05) is 18.2 Å². The molecule has 1 aromatic carbocycles. The molecule has 0 bridgehead atoms. The average molecular weight is 330 g/mol. The Morgan fingerprint density at radius 1 is 1.18 bits per heavy atom. The Hall–Kier alpha value is -0.810. The molecule has 2 N–H and O–H groups in total. The van der Waals surface area contributed by atoms with Crippen molar-refractivity contribution < 1.29 is 14.2 Å². The lowest BCUT2D eigenvalue weighted by molar-refractivity contribution is 0.0854. The first-order valence-electron chi connectivity index (χ1n) is 7.55. The second-order valence-corrected chi connectivity index (χ2v) is 6.60. The van der Waals surface area contributed by atoms with Crippen molar-refractivity contribution in [1.29, 1.82) is 0 Å². The maximum atomic E-state index is 6.33. The van der Waals surface area contributed by atoms with E-state index in [2.05, 4.69) is 13.8 Å². The van der Waals surface area contributed by atoms with Crippen molar-refractivity contribution in [3.05, 3.63) is 28.8 Å². The van der Waals surface area contributed by atoms with Crippen LogP contribution in [0.25, 0.3) is 0 Å². The van der Waals surface area contributed by atoms with Gasteiger partial charge in [0.2, 0.25) is 0 Å². The Balaban J connectivity index is 2.68. The molecule has 0 heterocycles. The first-order valence-corrected chi connectivity index (χ1v) is 7.93. The highest BCUT2D eigenvalue weighted by Gasteiger charge is 2.26. The number of hydrogen-bond acceptors (Lipinski definition) is 4. The van der Waals surface area contributed by atoms with Crippen molar-refractivity contribution in [2.24, 2.45) is 11.1 Å². The Morgan fingerprint density at radius 2 is 1.91 bits per heavy atom. The Kier molecular flexibility index (Phi) is 8.18. The van der Waals surface area contributed by atoms with Crippen LogP contribution in [0.15, 0.2) is 18.2 Å². The molecule has 1 rings (SSSR count). The summed E-state index contributed by atoms with van der Waals surface area (Å²) in [5.41, 5.74) is 7.35. The third kappa shape index (κ3) is 6.13. The lowest BCUT2D eigenvalue weighted by Gasteiger charge is -2.31. The number of hydrogen-bond donors (Lipinski definition) is 1. The summed E-state index contributed by atoms with van der Waals surface area (Å²) in [5, 5.41) is 0.617. The standard InChI is InChI=1S/C17H28ClNO3/c1-17(2,12-21-4)16(19)11-13-6-7-14(18)15(10-13)22-9-5-8-20-3/h6-7,10,16H,5,8-9,11-12,19H2,1-4H3. The van der Waals surface area contributed by atoms with Gasteiger partial charge in [-0.1, -0.05) is 31.5 Å². The van der Waals surface area contributed by atoms with Gasteiger partial charge >= 0.3 is 0 Å². The summed E-state index contributed by atoms with van der Waals surface area (Å²) in [7, 11) is 3.37. The van der Waals surface area contributed by atoms with Crippen LogP contribution in [0, 0.1) is 5.41 Å². The predicted octanol–water partition coefficient (Wildman–Crippen LogP) is 3.30. The van der Waals surface area contributed by atoms with E-state index in [1.165, 1.54) is 0 Å². The minimum absolute atomic E-state index is 0.00466. The lowest BCUT2D eigenvalue weighted by atomic mass is 9.82. The van der Waals surface area contributed by atoms with Crippen LogP contribution in [0.4, 0.5) is 0 Å². The minimum Gasteiger partial charge on any atom is -0.492 e.